The third-order valence-electron chi connectivity index (χ3n) is 6.38. The van der Waals surface area contributed by atoms with Gasteiger partial charge in [0.2, 0.25) is 0 Å². The van der Waals surface area contributed by atoms with Crippen LogP contribution in [-0.4, -0.2) is 57.8 Å². The van der Waals surface area contributed by atoms with Gasteiger partial charge in [-0.1, -0.05) is 13.0 Å². The molecule has 2 aliphatic rings. The molecule has 0 bridgehead atoms. The Kier molecular flexibility index (Phi) is 5.57. The van der Waals surface area contributed by atoms with Crippen molar-refractivity contribution in [2.24, 2.45) is 5.92 Å². The van der Waals surface area contributed by atoms with Gasteiger partial charge >= 0.3 is 0 Å². The molecule has 4 N–H and O–H groups in total. The highest BCUT2D eigenvalue weighted by atomic mass is 16.5. The lowest BCUT2D eigenvalue weighted by molar-refractivity contribution is 0.0889. The predicted molar refractivity (Wildman–Crippen MR) is 122 cm³/mol. The predicted octanol–water partition coefficient (Wildman–Crippen LogP) is 2.35. The van der Waals surface area contributed by atoms with Gasteiger partial charge in [-0.15, -0.1) is 0 Å². The molecule has 1 saturated carbocycles. The van der Waals surface area contributed by atoms with Crippen molar-refractivity contribution in [2.75, 3.05) is 19.7 Å². The van der Waals surface area contributed by atoms with E-state index in [-0.39, 0.29) is 11.9 Å². The number of carbonyl (C=O) groups is 1. The van der Waals surface area contributed by atoms with Gasteiger partial charge in [0.25, 0.3) is 5.91 Å². The maximum absolute atomic E-state index is 13.1. The zero-order valence-electron chi connectivity index (χ0n) is 18.4. The molecule has 3 aromatic rings. The average molecular weight is 436 g/mol. The highest BCUT2D eigenvalue weighted by Crippen LogP contribution is 2.37. The number of β-amino-alcohol motifs (C(OH)–C–C–N with tert-alkyl or cyclic N) is 1. The van der Waals surface area contributed by atoms with Gasteiger partial charge in [0.1, 0.15) is 23.3 Å². The molecular weight excluding hydrogens is 406 g/mol. The number of aromatic amines is 1. The standard InChI is InChI=1S/C24H29N5O3/c1-3-14-6-7-19(32-11-15-4-5-15)16(8-14)21-23-22(27-12-26-21)20(13(2)28-23)24(31)29-17-9-25-10-18(17)30/h6-8,12,15,17-18,25,28,30H,3-5,9-11H2,1-2H3,(H,29,31). The Morgan fingerprint density at radius 2 is 2.12 bits per heavy atom. The molecule has 0 spiro atoms. The van der Waals surface area contributed by atoms with Crippen molar-refractivity contribution in [2.45, 2.75) is 45.3 Å². The van der Waals surface area contributed by atoms with E-state index in [1.807, 2.05) is 13.0 Å². The Morgan fingerprint density at radius 3 is 2.84 bits per heavy atom. The van der Waals surface area contributed by atoms with E-state index in [9.17, 15) is 9.90 Å². The number of fused-ring (bicyclic) bond motifs is 1. The van der Waals surface area contributed by atoms with Crippen LogP contribution in [0, 0.1) is 12.8 Å². The van der Waals surface area contributed by atoms with Crippen LogP contribution in [0.5, 0.6) is 5.75 Å². The van der Waals surface area contributed by atoms with Crippen LogP contribution in [-0.2, 0) is 6.42 Å². The molecule has 32 heavy (non-hydrogen) atoms. The number of amides is 1. The summed E-state index contributed by atoms with van der Waals surface area (Å²) in [6.07, 6.45) is 4.24. The van der Waals surface area contributed by atoms with Crippen LogP contribution >= 0.6 is 0 Å². The number of benzene rings is 1. The minimum Gasteiger partial charge on any atom is -0.493 e. The molecule has 2 aromatic heterocycles. The number of aryl methyl sites for hydroxylation is 2. The van der Waals surface area contributed by atoms with Crippen LogP contribution in [0.4, 0.5) is 0 Å². The fourth-order valence-electron chi connectivity index (χ4n) is 4.26. The number of hydrogen-bond donors (Lipinski definition) is 4. The van der Waals surface area contributed by atoms with Gasteiger partial charge < -0.3 is 25.5 Å². The Bertz CT molecular complexity index is 1150. The highest BCUT2D eigenvalue weighted by Gasteiger charge is 2.29. The molecule has 1 aromatic carbocycles. The molecule has 168 valence electrons. The molecule has 8 nitrogen and oxygen atoms in total. The van der Waals surface area contributed by atoms with E-state index in [0.29, 0.717) is 47.9 Å². The van der Waals surface area contributed by atoms with Crippen LogP contribution in [0.3, 0.4) is 0 Å². The summed E-state index contributed by atoms with van der Waals surface area (Å²) in [5, 5.41) is 16.1. The Hall–Kier alpha value is -2.97. The van der Waals surface area contributed by atoms with Crippen molar-refractivity contribution < 1.29 is 14.6 Å². The fraction of sp³-hybridized carbons (Fsp3) is 0.458. The molecule has 2 unspecified atom stereocenters. The Labute approximate surface area is 186 Å². The molecule has 3 heterocycles. The smallest absolute Gasteiger partial charge is 0.255 e. The van der Waals surface area contributed by atoms with E-state index in [2.05, 4.69) is 44.6 Å². The van der Waals surface area contributed by atoms with E-state index in [0.717, 1.165) is 23.4 Å². The Balaban J connectivity index is 1.54. The zero-order chi connectivity index (χ0) is 22.2. The number of aromatic nitrogens is 3. The Morgan fingerprint density at radius 1 is 1.28 bits per heavy atom. The van der Waals surface area contributed by atoms with Crippen molar-refractivity contribution in [3.8, 4) is 17.0 Å². The SMILES string of the molecule is CCc1ccc(OCC2CC2)c(-c2ncnc3c(C(=O)NC4CNCC4O)c(C)[nH]c23)c1. The monoisotopic (exact) mass is 435 g/mol. The summed E-state index contributed by atoms with van der Waals surface area (Å²) in [5.74, 6) is 1.19. The second-order valence-electron chi connectivity index (χ2n) is 8.81. The summed E-state index contributed by atoms with van der Waals surface area (Å²) in [5.41, 5.74) is 5.29. The van der Waals surface area contributed by atoms with Crippen LogP contribution in [0.25, 0.3) is 22.3 Å². The molecule has 1 amide bonds. The summed E-state index contributed by atoms with van der Waals surface area (Å²) in [4.78, 5) is 25.4. The van der Waals surface area contributed by atoms with E-state index < -0.39 is 6.10 Å². The number of aliphatic hydroxyl groups is 1. The summed E-state index contributed by atoms with van der Waals surface area (Å²) in [6, 6.07) is 5.89. The maximum Gasteiger partial charge on any atom is 0.255 e. The summed E-state index contributed by atoms with van der Waals surface area (Å²) in [6.45, 7) is 5.70. The van der Waals surface area contributed by atoms with Gasteiger partial charge in [0.15, 0.2) is 0 Å². The number of H-pyrrole nitrogens is 1. The van der Waals surface area contributed by atoms with Gasteiger partial charge in [-0.25, -0.2) is 9.97 Å². The first-order valence-electron chi connectivity index (χ1n) is 11.3. The molecule has 1 aliphatic carbocycles. The number of nitrogens with one attached hydrogen (secondary N) is 3. The van der Waals surface area contributed by atoms with E-state index >= 15 is 0 Å². The van der Waals surface area contributed by atoms with Gasteiger partial charge in [0, 0.05) is 24.3 Å². The third kappa shape index (κ3) is 3.96. The lowest BCUT2D eigenvalue weighted by atomic mass is 10.0. The van der Waals surface area contributed by atoms with Crippen LogP contribution in [0.1, 0.15) is 41.4 Å². The van der Waals surface area contributed by atoms with E-state index in [1.165, 1.54) is 24.7 Å². The number of hydrogen-bond acceptors (Lipinski definition) is 6. The quantitative estimate of drug-likeness (QED) is 0.453. The van der Waals surface area contributed by atoms with Gasteiger partial charge in [-0.05, 0) is 49.8 Å². The number of aliphatic hydroxyl groups excluding tert-OH is 1. The largest absolute Gasteiger partial charge is 0.493 e. The molecular formula is C24H29N5O3. The minimum atomic E-state index is -0.599. The normalized spacial score (nSPS) is 20.6. The first-order chi connectivity index (χ1) is 15.5. The number of carbonyl (C=O) groups excluding carboxylic acids is 1. The molecule has 5 rings (SSSR count). The van der Waals surface area contributed by atoms with Crippen LogP contribution in [0.15, 0.2) is 24.5 Å². The van der Waals surface area contributed by atoms with E-state index in [1.54, 1.807) is 0 Å². The number of rotatable bonds is 7. The molecule has 8 heteroatoms. The molecule has 0 radical (unpaired) electrons. The second-order valence-corrected chi connectivity index (χ2v) is 8.81. The summed E-state index contributed by atoms with van der Waals surface area (Å²) in [7, 11) is 0. The van der Waals surface area contributed by atoms with Crippen molar-refractivity contribution in [1.29, 1.82) is 0 Å². The molecule has 2 atom stereocenters. The number of ether oxygens (including phenoxy) is 1. The molecule has 1 aliphatic heterocycles. The van der Waals surface area contributed by atoms with Crippen molar-refractivity contribution in [1.82, 2.24) is 25.6 Å². The van der Waals surface area contributed by atoms with Gasteiger partial charge in [-0.3, -0.25) is 4.79 Å². The van der Waals surface area contributed by atoms with Crippen LogP contribution in [0.2, 0.25) is 0 Å². The fourth-order valence-corrected chi connectivity index (χ4v) is 4.26. The summed E-state index contributed by atoms with van der Waals surface area (Å²) < 4.78 is 6.16. The highest BCUT2D eigenvalue weighted by molar-refractivity contribution is 6.09. The third-order valence-corrected chi connectivity index (χ3v) is 6.38. The lowest BCUT2D eigenvalue weighted by Crippen LogP contribution is -2.42. The molecule has 2 fully saturated rings. The first kappa shape index (κ1) is 20.9. The first-order valence-corrected chi connectivity index (χ1v) is 11.3. The number of nitrogens with zero attached hydrogens (tertiary/aromatic N) is 2. The van der Waals surface area contributed by atoms with Crippen molar-refractivity contribution in [3.05, 3.63) is 41.3 Å². The average Bonchev–Trinajstić information content (AvgIpc) is 3.44. The van der Waals surface area contributed by atoms with Crippen LogP contribution < -0.4 is 15.4 Å². The minimum absolute atomic E-state index is 0.251. The van der Waals surface area contributed by atoms with Gasteiger partial charge in [-0.2, -0.15) is 0 Å². The van der Waals surface area contributed by atoms with Gasteiger partial charge in [0.05, 0.1) is 29.8 Å². The second kappa shape index (κ2) is 8.52. The molecule has 1 saturated heterocycles. The summed E-state index contributed by atoms with van der Waals surface area (Å²) >= 11 is 0. The zero-order valence-corrected chi connectivity index (χ0v) is 18.4. The topological polar surface area (TPSA) is 112 Å². The van der Waals surface area contributed by atoms with E-state index in [4.69, 9.17) is 4.74 Å². The van der Waals surface area contributed by atoms with Crippen molar-refractivity contribution >= 4 is 16.9 Å². The maximum atomic E-state index is 13.1. The lowest BCUT2D eigenvalue weighted by Gasteiger charge is -2.15. The van der Waals surface area contributed by atoms with Crippen molar-refractivity contribution in [3.63, 3.8) is 0 Å².